The zero-order valence-corrected chi connectivity index (χ0v) is 14.0. The van der Waals surface area contributed by atoms with Gasteiger partial charge in [-0.15, -0.1) is 23.7 Å². The van der Waals surface area contributed by atoms with Crippen LogP contribution in [0.2, 0.25) is 0 Å². The molecule has 6 nitrogen and oxygen atoms in total. The van der Waals surface area contributed by atoms with E-state index in [0.29, 0.717) is 24.0 Å². The summed E-state index contributed by atoms with van der Waals surface area (Å²) < 4.78 is 10.8. The third-order valence-corrected chi connectivity index (χ3v) is 4.88. The first-order valence-corrected chi connectivity index (χ1v) is 8.21. The lowest BCUT2D eigenvalue weighted by Gasteiger charge is -2.17. The van der Waals surface area contributed by atoms with E-state index in [0.717, 1.165) is 36.3 Å². The highest BCUT2D eigenvalue weighted by atomic mass is 35.5. The molecule has 2 N–H and O–H groups in total. The van der Waals surface area contributed by atoms with Gasteiger partial charge in [-0.1, -0.05) is 24.1 Å². The number of hydrogen-bond acceptors (Lipinski definition) is 7. The summed E-state index contributed by atoms with van der Waals surface area (Å²) >= 11 is 1.59. The Bertz CT molecular complexity index is 762. The highest BCUT2D eigenvalue weighted by Crippen LogP contribution is 2.34. The molecule has 1 fully saturated rings. The predicted molar refractivity (Wildman–Crippen MR) is 88.5 cm³/mol. The van der Waals surface area contributed by atoms with E-state index in [2.05, 4.69) is 15.1 Å². The van der Waals surface area contributed by atoms with Crippen molar-refractivity contribution in [2.45, 2.75) is 37.6 Å². The van der Waals surface area contributed by atoms with E-state index < -0.39 is 5.54 Å². The topological polar surface area (TPSA) is 91.0 Å². The normalized spacial score (nSPS) is 16.4. The van der Waals surface area contributed by atoms with Gasteiger partial charge in [0.2, 0.25) is 11.8 Å². The number of oxazole rings is 1. The van der Waals surface area contributed by atoms with Gasteiger partial charge in [0, 0.05) is 0 Å². The summed E-state index contributed by atoms with van der Waals surface area (Å²) in [6, 6.07) is 3.94. The Labute approximate surface area is 143 Å². The van der Waals surface area contributed by atoms with E-state index in [9.17, 15) is 0 Å². The fourth-order valence-corrected chi connectivity index (χ4v) is 3.47. The summed E-state index contributed by atoms with van der Waals surface area (Å²) in [5.74, 6) is 1.76. The summed E-state index contributed by atoms with van der Waals surface area (Å²) in [5.41, 5.74) is 6.69. The van der Waals surface area contributed by atoms with Crippen LogP contribution in [0.3, 0.4) is 0 Å². The molecular weight excluding hydrogens is 336 g/mol. The molecule has 0 unspecified atom stereocenters. The fraction of sp³-hybridized carbons (Fsp3) is 0.400. The second-order valence-electron chi connectivity index (χ2n) is 5.67. The molecule has 122 valence electrons. The second kappa shape index (κ2) is 6.43. The first-order chi connectivity index (χ1) is 10.7. The average molecular weight is 353 g/mol. The quantitative estimate of drug-likeness (QED) is 0.772. The Hall–Kier alpha value is -1.70. The van der Waals surface area contributed by atoms with Crippen LogP contribution in [-0.4, -0.2) is 15.1 Å². The zero-order valence-electron chi connectivity index (χ0n) is 12.4. The van der Waals surface area contributed by atoms with Crippen molar-refractivity contribution in [2.75, 3.05) is 0 Å². The van der Waals surface area contributed by atoms with Gasteiger partial charge in [-0.25, -0.2) is 4.98 Å². The Morgan fingerprint density at radius 1 is 1.26 bits per heavy atom. The van der Waals surface area contributed by atoms with Crippen molar-refractivity contribution in [1.29, 1.82) is 0 Å². The lowest BCUT2D eigenvalue weighted by Crippen LogP contribution is -2.34. The van der Waals surface area contributed by atoms with Crippen LogP contribution in [0.1, 0.15) is 43.1 Å². The number of nitrogens with zero attached hydrogens (tertiary/aromatic N) is 3. The van der Waals surface area contributed by atoms with E-state index in [1.54, 1.807) is 17.6 Å². The van der Waals surface area contributed by atoms with E-state index in [1.165, 1.54) is 0 Å². The van der Waals surface area contributed by atoms with E-state index in [-0.39, 0.29) is 12.4 Å². The van der Waals surface area contributed by atoms with Crippen LogP contribution in [0.4, 0.5) is 0 Å². The lowest BCUT2D eigenvalue weighted by atomic mass is 9.99. The Kier molecular flexibility index (Phi) is 4.52. The highest BCUT2D eigenvalue weighted by Gasteiger charge is 2.36. The fourth-order valence-electron chi connectivity index (χ4n) is 2.81. The molecule has 1 aliphatic rings. The lowest BCUT2D eigenvalue weighted by molar-refractivity contribution is 0.351. The minimum absolute atomic E-state index is 0. The molecule has 0 saturated heterocycles. The third kappa shape index (κ3) is 3.17. The minimum Gasteiger partial charge on any atom is -0.444 e. The average Bonchev–Trinajstić information content (AvgIpc) is 3.27. The molecule has 0 bridgehead atoms. The molecule has 1 saturated carbocycles. The van der Waals surface area contributed by atoms with E-state index in [1.807, 2.05) is 17.5 Å². The van der Waals surface area contributed by atoms with Gasteiger partial charge < -0.3 is 14.7 Å². The largest absolute Gasteiger partial charge is 0.444 e. The zero-order chi connectivity index (χ0) is 15.0. The third-order valence-electron chi connectivity index (χ3n) is 4.03. The molecule has 0 aromatic carbocycles. The summed E-state index contributed by atoms with van der Waals surface area (Å²) in [5, 5.41) is 6.05. The summed E-state index contributed by atoms with van der Waals surface area (Å²) in [7, 11) is 0. The monoisotopic (exact) mass is 352 g/mol. The van der Waals surface area contributed by atoms with Crippen LogP contribution in [0.5, 0.6) is 0 Å². The van der Waals surface area contributed by atoms with Crippen LogP contribution in [-0.2, 0) is 12.0 Å². The first kappa shape index (κ1) is 16.2. The van der Waals surface area contributed by atoms with Crippen LogP contribution in [0.25, 0.3) is 10.8 Å². The number of nitrogens with two attached hydrogens (primary N) is 1. The van der Waals surface area contributed by atoms with Gasteiger partial charge in [0.05, 0.1) is 22.5 Å². The first-order valence-electron chi connectivity index (χ1n) is 7.33. The maximum atomic E-state index is 6.34. The molecule has 3 heterocycles. The standard InChI is InChI=1S/C15H16N4O2S.ClH/c16-15(5-1-2-6-15)14-18-12(21-19-14)8-10-9-20-13(17-10)11-4-3-7-22-11;/h3-4,7,9H,1-2,5-6,8,16H2;1H. The van der Waals surface area contributed by atoms with Crippen LogP contribution >= 0.6 is 23.7 Å². The van der Waals surface area contributed by atoms with Gasteiger partial charge in [0.25, 0.3) is 0 Å². The molecule has 8 heteroatoms. The van der Waals surface area contributed by atoms with E-state index in [4.69, 9.17) is 14.7 Å². The summed E-state index contributed by atoms with van der Waals surface area (Å²) in [4.78, 5) is 9.91. The Balaban J connectivity index is 0.00000156. The molecule has 0 spiro atoms. The predicted octanol–water partition coefficient (Wildman–Crippen LogP) is 3.53. The van der Waals surface area contributed by atoms with E-state index >= 15 is 0 Å². The molecule has 3 aromatic heterocycles. The molecule has 23 heavy (non-hydrogen) atoms. The Morgan fingerprint density at radius 2 is 2.09 bits per heavy atom. The van der Waals surface area contributed by atoms with Gasteiger partial charge in [0.15, 0.2) is 5.82 Å². The molecule has 4 rings (SSSR count). The van der Waals surface area contributed by atoms with Gasteiger partial charge in [-0.05, 0) is 24.3 Å². The van der Waals surface area contributed by atoms with Crippen molar-refractivity contribution in [3.63, 3.8) is 0 Å². The van der Waals surface area contributed by atoms with Crippen molar-refractivity contribution in [3.05, 3.63) is 41.2 Å². The maximum Gasteiger partial charge on any atom is 0.236 e. The van der Waals surface area contributed by atoms with Crippen LogP contribution < -0.4 is 5.73 Å². The van der Waals surface area contributed by atoms with Gasteiger partial charge >= 0.3 is 0 Å². The molecule has 0 aliphatic heterocycles. The number of thiophene rings is 1. The van der Waals surface area contributed by atoms with Crippen molar-refractivity contribution >= 4 is 23.7 Å². The van der Waals surface area contributed by atoms with Gasteiger partial charge in [0.1, 0.15) is 6.26 Å². The Morgan fingerprint density at radius 3 is 2.83 bits per heavy atom. The molecule has 1 aliphatic carbocycles. The van der Waals surface area contributed by atoms with Crippen molar-refractivity contribution in [1.82, 2.24) is 15.1 Å². The van der Waals surface area contributed by atoms with Crippen molar-refractivity contribution in [3.8, 4) is 10.8 Å². The molecule has 0 amide bonds. The van der Waals surface area contributed by atoms with Crippen molar-refractivity contribution < 1.29 is 8.94 Å². The number of rotatable bonds is 4. The molecular formula is C15H17ClN4O2S. The molecule has 3 aromatic rings. The molecule has 0 radical (unpaired) electrons. The second-order valence-corrected chi connectivity index (χ2v) is 6.62. The number of hydrogen-bond donors (Lipinski definition) is 1. The summed E-state index contributed by atoms with van der Waals surface area (Å²) in [6.45, 7) is 0. The maximum absolute atomic E-state index is 6.34. The smallest absolute Gasteiger partial charge is 0.236 e. The molecule has 0 atom stereocenters. The number of aromatic nitrogens is 3. The summed E-state index contributed by atoms with van der Waals surface area (Å²) in [6.07, 6.45) is 6.16. The highest BCUT2D eigenvalue weighted by molar-refractivity contribution is 7.13. The van der Waals surface area contributed by atoms with Gasteiger partial charge in [-0.2, -0.15) is 4.98 Å². The van der Waals surface area contributed by atoms with Crippen LogP contribution in [0, 0.1) is 0 Å². The number of halogens is 1. The minimum atomic E-state index is -0.423. The van der Waals surface area contributed by atoms with Crippen molar-refractivity contribution in [2.24, 2.45) is 5.73 Å². The van der Waals surface area contributed by atoms with Crippen LogP contribution in [0.15, 0.2) is 32.7 Å². The van der Waals surface area contributed by atoms with Gasteiger partial charge in [-0.3, -0.25) is 0 Å². The SMILES string of the molecule is Cl.NC1(c2noc(Cc3coc(-c4cccs4)n3)n2)CCCC1.